The maximum Gasteiger partial charge on any atom is 0.277 e. The number of amides is 1. The highest BCUT2D eigenvalue weighted by atomic mass is 19.1. The van der Waals surface area contributed by atoms with Gasteiger partial charge in [0, 0.05) is 13.0 Å². The van der Waals surface area contributed by atoms with Crippen LogP contribution < -0.4 is 9.47 Å². The maximum atomic E-state index is 13.0. The molecule has 2 aliphatic rings. The van der Waals surface area contributed by atoms with E-state index in [-0.39, 0.29) is 11.7 Å². The second-order valence-electron chi connectivity index (χ2n) is 7.15. The van der Waals surface area contributed by atoms with Crippen LogP contribution in [0.5, 0.6) is 11.5 Å². The van der Waals surface area contributed by atoms with Gasteiger partial charge in [-0.25, -0.2) is 9.38 Å². The van der Waals surface area contributed by atoms with Crippen LogP contribution in [0.15, 0.2) is 53.2 Å². The molecule has 150 valence electrons. The van der Waals surface area contributed by atoms with Gasteiger partial charge in [-0.2, -0.15) is 0 Å². The van der Waals surface area contributed by atoms with E-state index in [4.69, 9.17) is 9.47 Å². The quantitative estimate of drug-likeness (QED) is 0.698. The molecule has 2 aromatic rings. The Labute approximate surface area is 169 Å². The van der Waals surface area contributed by atoms with Crippen molar-refractivity contribution in [2.45, 2.75) is 32.3 Å². The molecule has 5 nitrogen and oxygen atoms in total. The first-order valence-corrected chi connectivity index (χ1v) is 9.80. The van der Waals surface area contributed by atoms with Crippen LogP contribution in [-0.4, -0.2) is 30.3 Å². The summed E-state index contributed by atoms with van der Waals surface area (Å²) in [5.41, 5.74) is 2.14. The maximum absolute atomic E-state index is 13.0. The molecule has 0 unspecified atom stereocenters. The fourth-order valence-electron chi connectivity index (χ4n) is 3.54. The Morgan fingerprint density at radius 2 is 1.93 bits per heavy atom. The van der Waals surface area contributed by atoms with Crippen LogP contribution in [0.2, 0.25) is 0 Å². The van der Waals surface area contributed by atoms with Crippen LogP contribution in [0.1, 0.15) is 36.8 Å². The van der Waals surface area contributed by atoms with E-state index in [2.05, 4.69) is 4.99 Å². The predicted octanol–water partition coefficient (Wildman–Crippen LogP) is 4.57. The van der Waals surface area contributed by atoms with E-state index in [1.165, 1.54) is 12.1 Å². The Hall–Kier alpha value is -3.15. The number of fused-ring (bicyclic) bond motifs is 1. The molecule has 29 heavy (non-hydrogen) atoms. The lowest BCUT2D eigenvalue weighted by Gasteiger charge is -2.14. The first kappa shape index (κ1) is 19.2. The molecule has 1 fully saturated rings. The number of methoxy groups -OCH3 is 1. The molecule has 1 saturated heterocycles. The summed E-state index contributed by atoms with van der Waals surface area (Å²) in [5, 5.41) is 0. The van der Waals surface area contributed by atoms with Crippen LogP contribution in [0.25, 0.3) is 6.08 Å². The van der Waals surface area contributed by atoms with E-state index < -0.39 is 0 Å². The number of hydrogen-bond acceptors (Lipinski definition) is 4. The van der Waals surface area contributed by atoms with Gasteiger partial charge in [-0.1, -0.05) is 24.6 Å². The third-order valence-corrected chi connectivity index (χ3v) is 5.11. The number of benzene rings is 2. The van der Waals surface area contributed by atoms with Crippen molar-refractivity contribution in [2.24, 2.45) is 4.99 Å². The molecule has 2 heterocycles. The number of amidine groups is 1. The largest absolute Gasteiger partial charge is 0.493 e. The van der Waals surface area contributed by atoms with Gasteiger partial charge in [0.2, 0.25) is 0 Å². The first-order chi connectivity index (χ1) is 14.1. The van der Waals surface area contributed by atoms with E-state index in [1.54, 1.807) is 36.3 Å². The molecule has 0 aromatic heterocycles. The summed E-state index contributed by atoms with van der Waals surface area (Å²) in [6.45, 7) is 1.05. The van der Waals surface area contributed by atoms with Gasteiger partial charge in [0.05, 0.1) is 7.11 Å². The lowest BCUT2D eigenvalue weighted by atomic mass is 10.1. The van der Waals surface area contributed by atoms with Gasteiger partial charge in [-0.3, -0.25) is 9.69 Å². The minimum absolute atomic E-state index is 0.0301. The van der Waals surface area contributed by atoms with Gasteiger partial charge in [0.1, 0.15) is 24.0 Å². The molecule has 0 N–H and O–H groups in total. The minimum atomic E-state index is -0.277. The SMILES string of the molecule is COc1cc(/C=C2\N=C3CCCCCN3C2=O)ccc1OCc1ccc(F)cc1. The van der Waals surface area contributed by atoms with Crippen LogP contribution in [0.4, 0.5) is 4.39 Å². The van der Waals surface area contributed by atoms with Crippen molar-refractivity contribution in [1.82, 2.24) is 4.90 Å². The molecule has 0 spiro atoms. The highest BCUT2D eigenvalue weighted by Gasteiger charge is 2.30. The van der Waals surface area contributed by atoms with Crippen molar-refractivity contribution in [3.05, 3.63) is 65.1 Å². The standard InChI is InChI=1S/C23H23FN2O3/c1-28-21-14-17(8-11-20(21)29-15-16-6-9-18(24)10-7-16)13-19-23(27)26-12-4-2-3-5-22(26)25-19/h6-11,13-14H,2-5,12,15H2,1H3/b19-13-. The average molecular weight is 394 g/mol. The van der Waals surface area contributed by atoms with Crippen molar-refractivity contribution in [3.63, 3.8) is 0 Å². The Kier molecular flexibility index (Phi) is 5.60. The van der Waals surface area contributed by atoms with Gasteiger partial charge in [0.15, 0.2) is 11.5 Å². The summed E-state index contributed by atoms with van der Waals surface area (Å²) in [5.74, 6) is 1.72. The number of rotatable bonds is 5. The Balaban J connectivity index is 1.51. The topological polar surface area (TPSA) is 51.1 Å². The molecule has 0 aliphatic carbocycles. The molecule has 0 bridgehead atoms. The normalized spacial score (nSPS) is 17.7. The van der Waals surface area contributed by atoms with E-state index in [1.807, 2.05) is 12.1 Å². The predicted molar refractivity (Wildman–Crippen MR) is 109 cm³/mol. The molecule has 6 heteroatoms. The van der Waals surface area contributed by atoms with Crippen molar-refractivity contribution in [2.75, 3.05) is 13.7 Å². The van der Waals surface area contributed by atoms with Gasteiger partial charge in [-0.15, -0.1) is 0 Å². The van der Waals surface area contributed by atoms with Gasteiger partial charge in [-0.05, 0) is 54.3 Å². The van der Waals surface area contributed by atoms with Crippen LogP contribution in [0, 0.1) is 5.82 Å². The van der Waals surface area contributed by atoms with Crippen molar-refractivity contribution < 1.29 is 18.7 Å². The fourth-order valence-corrected chi connectivity index (χ4v) is 3.54. The number of aliphatic imine (C=N–C) groups is 1. The average Bonchev–Trinajstić information content (AvgIpc) is 2.89. The fraction of sp³-hybridized carbons (Fsp3) is 0.304. The second kappa shape index (κ2) is 8.47. The number of carbonyl (C=O) groups excluding carboxylic acids is 1. The van der Waals surface area contributed by atoms with Gasteiger partial charge in [0.25, 0.3) is 5.91 Å². The molecule has 0 atom stereocenters. The van der Waals surface area contributed by atoms with E-state index >= 15 is 0 Å². The van der Waals surface area contributed by atoms with E-state index in [0.29, 0.717) is 23.8 Å². The number of nitrogens with zero attached hydrogens (tertiary/aromatic N) is 2. The molecular formula is C23H23FN2O3. The van der Waals surface area contributed by atoms with Crippen molar-refractivity contribution >= 4 is 17.8 Å². The van der Waals surface area contributed by atoms with Crippen LogP contribution in [-0.2, 0) is 11.4 Å². The highest BCUT2D eigenvalue weighted by molar-refractivity contribution is 6.14. The van der Waals surface area contributed by atoms with Gasteiger partial charge < -0.3 is 9.47 Å². The number of hydrogen-bond donors (Lipinski definition) is 0. The Morgan fingerprint density at radius 3 is 2.72 bits per heavy atom. The Morgan fingerprint density at radius 1 is 1.10 bits per heavy atom. The molecule has 2 aromatic carbocycles. The zero-order valence-corrected chi connectivity index (χ0v) is 16.4. The lowest BCUT2D eigenvalue weighted by Crippen LogP contribution is -2.31. The monoisotopic (exact) mass is 394 g/mol. The summed E-state index contributed by atoms with van der Waals surface area (Å²) in [6, 6.07) is 11.7. The summed E-state index contributed by atoms with van der Waals surface area (Å²) in [4.78, 5) is 19.0. The zero-order valence-electron chi connectivity index (χ0n) is 16.4. The van der Waals surface area contributed by atoms with E-state index in [0.717, 1.165) is 49.2 Å². The minimum Gasteiger partial charge on any atom is -0.493 e. The zero-order chi connectivity index (χ0) is 20.2. The second-order valence-corrected chi connectivity index (χ2v) is 7.15. The Bertz CT molecular complexity index is 967. The summed E-state index contributed by atoms with van der Waals surface area (Å²) >= 11 is 0. The molecule has 2 aliphatic heterocycles. The van der Waals surface area contributed by atoms with Crippen LogP contribution in [0.3, 0.4) is 0 Å². The smallest absolute Gasteiger partial charge is 0.277 e. The number of halogens is 1. The van der Waals surface area contributed by atoms with E-state index in [9.17, 15) is 9.18 Å². The lowest BCUT2D eigenvalue weighted by molar-refractivity contribution is -0.122. The molecule has 0 saturated carbocycles. The highest BCUT2D eigenvalue weighted by Crippen LogP contribution is 2.31. The molecular weight excluding hydrogens is 371 g/mol. The number of ether oxygens (including phenoxy) is 2. The van der Waals surface area contributed by atoms with Gasteiger partial charge >= 0.3 is 0 Å². The van der Waals surface area contributed by atoms with Crippen molar-refractivity contribution in [3.8, 4) is 11.5 Å². The van der Waals surface area contributed by atoms with Crippen molar-refractivity contribution in [1.29, 1.82) is 0 Å². The molecule has 4 rings (SSSR count). The third kappa shape index (κ3) is 4.31. The molecule has 0 radical (unpaired) electrons. The molecule has 1 amide bonds. The summed E-state index contributed by atoms with van der Waals surface area (Å²) < 4.78 is 24.3. The summed E-state index contributed by atoms with van der Waals surface area (Å²) in [6.07, 6.45) is 5.87. The van der Waals surface area contributed by atoms with Crippen LogP contribution >= 0.6 is 0 Å². The number of carbonyl (C=O) groups is 1. The first-order valence-electron chi connectivity index (χ1n) is 9.80. The summed E-state index contributed by atoms with van der Waals surface area (Å²) in [7, 11) is 1.57. The third-order valence-electron chi connectivity index (χ3n) is 5.11.